The molecule has 0 N–H and O–H groups in total. The van der Waals surface area contributed by atoms with Crippen LogP contribution in [-0.2, 0) is 0 Å². The van der Waals surface area contributed by atoms with Crippen LogP contribution < -0.4 is 0 Å². The lowest BCUT2D eigenvalue weighted by atomic mass is 9.91. The third-order valence-electron chi connectivity index (χ3n) is 11.1. The molecule has 0 bridgehead atoms. The Hall–Kier alpha value is -7.49. The summed E-state index contributed by atoms with van der Waals surface area (Å²) in [6.45, 7) is 0. The molecule has 1 aromatic heterocycles. The lowest BCUT2D eigenvalue weighted by Gasteiger charge is -2.16. The van der Waals surface area contributed by atoms with Crippen LogP contribution in [0.3, 0.4) is 0 Å². The maximum atomic E-state index is 5.41. The van der Waals surface area contributed by atoms with Crippen molar-refractivity contribution in [2.24, 2.45) is 0 Å². The zero-order valence-corrected chi connectivity index (χ0v) is 30.4. The van der Waals surface area contributed by atoms with Gasteiger partial charge < -0.3 is 0 Å². The fourth-order valence-electron chi connectivity index (χ4n) is 8.45. The van der Waals surface area contributed by atoms with E-state index in [9.17, 15) is 0 Å². The summed E-state index contributed by atoms with van der Waals surface area (Å²) in [7, 11) is 0. The van der Waals surface area contributed by atoms with Crippen LogP contribution >= 0.6 is 0 Å². The van der Waals surface area contributed by atoms with Gasteiger partial charge in [-0.2, -0.15) is 0 Å². The summed E-state index contributed by atoms with van der Waals surface area (Å²) in [6, 6.07) is 71.1. The SMILES string of the molecule is c1ccc(-c2ccc(-c3nc(-c4ccc5c(ccc6ccccc65)c4)nc(-c4cccc5c6ccccc6c6ccccc6c45)n3)c(-c3ccccc3)c2)cc1. The van der Waals surface area contributed by atoms with Crippen molar-refractivity contribution < 1.29 is 0 Å². The summed E-state index contributed by atoms with van der Waals surface area (Å²) in [5.41, 5.74) is 7.32. The maximum Gasteiger partial charge on any atom is 0.164 e. The summed E-state index contributed by atoms with van der Waals surface area (Å²) in [5.74, 6) is 1.90. The predicted octanol–water partition coefficient (Wildman–Crippen LogP) is 14.0. The number of nitrogens with zero attached hydrogens (tertiary/aromatic N) is 3. The molecule has 11 rings (SSSR count). The van der Waals surface area contributed by atoms with E-state index in [1.165, 1.54) is 43.1 Å². The summed E-state index contributed by atoms with van der Waals surface area (Å²) < 4.78 is 0. The maximum absolute atomic E-state index is 5.41. The Labute approximate surface area is 324 Å². The van der Waals surface area contributed by atoms with Crippen LogP contribution in [0.1, 0.15) is 0 Å². The van der Waals surface area contributed by atoms with Crippen molar-refractivity contribution in [1.29, 1.82) is 0 Å². The number of aromatic nitrogens is 3. The molecule has 10 aromatic carbocycles. The third-order valence-corrected chi connectivity index (χ3v) is 11.1. The first-order chi connectivity index (χ1) is 27.8. The van der Waals surface area contributed by atoms with Gasteiger partial charge in [-0.25, -0.2) is 15.0 Å². The first-order valence-corrected chi connectivity index (χ1v) is 19.0. The number of rotatable bonds is 5. The molecule has 0 saturated heterocycles. The highest BCUT2D eigenvalue weighted by molar-refractivity contribution is 6.28. The average molecular weight is 712 g/mol. The zero-order chi connectivity index (χ0) is 37.0. The minimum Gasteiger partial charge on any atom is -0.208 e. The fraction of sp³-hybridized carbons (Fsp3) is 0. The fourth-order valence-corrected chi connectivity index (χ4v) is 8.45. The smallest absolute Gasteiger partial charge is 0.164 e. The van der Waals surface area contributed by atoms with E-state index < -0.39 is 0 Å². The highest BCUT2D eigenvalue weighted by atomic mass is 15.0. The molecule has 1 heterocycles. The Morgan fingerprint density at radius 3 is 1.48 bits per heavy atom. The topological polar surface area (TPSA) is 38.7 Å². The molecular weight excluding hydrogens is 679 g/mol. The standard InChI is InChI=1S/C53H33N3/c1-3-14-34(15-4-1)37-28-31-47(49(33-37)35-16-5-2-6-17-35)52-54-51(39-29-30-41-38(32-39)27-26-36-18-7-8-19-40(36)41)55-53(56-52)48-25-13-24-46-44-21-10-9-20-42(44)43-22-11-12-23-45(43)50(46)48/h1-33H. The highest BCUT2D eigenvalue weighted by Gasteiger charge is 2.20. The van der Waals surface area contributed by atoms with Gasteiger partial charge in [0.05, 0.1) is 0 Å². The second-order valence-corrected chi connectivity index (χ2v) is 14.3. The van der Waals surface area contributed by atoms with Gasteiger partial charge in [0.15, 0.2) is 17.5 Å². The van der Waals surface area contributed by atoms with E-state index in [1.807, 2.05) is 0 Å². The van der Waals surface area contributed by atoms with Gasteiger partial charge in [-0.1, -0.05) is 182 Å². The Morgan fingerprint density at radius 2 is 0.750 bits per heavy atom. The number of hydrogen-bond acceptors (Lipinski definition) is 3. The van der Waals surface area contributed by atoms with Crippen LogP contribution in [-0.4, -0.2) is 15.0 Å². The summed E-state index contributed by atoms with van der Waals surface area (Å²) in [5, 5.41) is 11.9. The molecule has 0 unspecified atom stereocenters. The Bertz CT molecular complexity index is 3250. The van der Waals surface area contributed by atoms with Gasteiger partial charge in [-0.3, -0.25) is 0 Å². The van der Waals surface area contributed by atoms with Crippen molar-refractivity contribution in [2.45, 2.75) is 0 Å². The van der Waals surface area contributed by atoms with Gasteiger partial charge in [0.1, 0.15) is 0 Å². The molecule has 260 valence electrons. The van der Waals surface area contributed by atoms with Crippen LogP contribution in [0.15, 0.2) is 200 Å². The third kappa shape index (κ3) is 5.32. The average Bonchev–Trinajstić information content (AvgIpc) is 3.29. The number of benzene rings is 10. The Kier molecular flexibility index (Phi) is 7.49. The molecule has 0 spiro atoms. The van der Waals surface area contributed by atoms with Crippen LogP contribution in [0.4, 0.5) is 0 Å². The normalized spacial score (nSPS) is 11.6. The number of hydrogen-bond donors (Lipinski definition) is 0. The van der Waals surface area contributed by atoms with Crippen molar-refractivity contribution in [3.63, 3.8) is 0 Å². The van der Waals surface area contributed by atoms with Crippen molar-refractivity contribution in [1.82, 2.24) is 15.0 Å². The summed E-state index contributed by atoms with van der Waals surface area (Å²) in [4.78, 5) is 16.1. The van der Waals surface area contributed by atoms with Crippen LogP contribution in [0.5, 0.6) is 0 Å². The highest BCUT2D eigenvalue weighted by Crippen LogP contribution is 2.41. The van der Waals surface area contributed by atoms with Crippen molar-refractivity contribution in [2.75, 3.05) is 0 Å². The van der Waals surface area contributed by atoms with E-state index in [2.05, 4.69) is 200 Å². The molecule has 0 saturated carbocycles. The molecule has 3 nitrogen and oxygen atoms in total. The van der Waals surface area contributed by atoms with E-state index in [4.69, 9.17) is 15.0 Å². The van der Waals surface area contributed by atoms with E-state index in [0.29, 0.717) is 17.5 Å². The van der Waals surface area contributed by atoms with Gasteiger partial charge in [0.25, 0.3) is 0 Å². The van der Waals surface area contributed by atoms with Gasteiger partial charge in [0.2, 0.25) is 0 Å². The zero-order valence-electron chi connectivity index (χ0n) is 30.4. The van der Waals surface area contributed by atoms with E-state index >= 15 is 0 Å². The first kappa shape index (κ1) is 32.0. The molecule has 0 atom stereocenters. The molecule has 0 aliphatic heterocycles. The quantitative estimate of drug-likeness (QED) is 0.167. The van der Waals surface area contributed by atoms with Crippen LogP contribution in [0, 0.1) is 0 Å². The molecule has 3 heteroatoms. The van der Waals surface area contributed by atoms with Gasteiger partial charge >= 0.3 is 0 Å². The van der Waals surface area contributed by atoms with Gasteiger partial charge in [0, 0.05) is 22.1 Å². The Balaban J connectivity index is 1.20. The summed E-state index contributed by atoms with van der Waals surface area (Å²) in [6.07, 6.45) is 0. The molecule has 0 aliphatic carbocycles. The lowest BCUT2D eigenvalue weighted by Crippen LogP contribution is -2.02. The van der Waals surface area contributed by atoms with E-state index in [1.54, 1.807) is 0 Å². The van der Waals surface area contributed by atoms with Crippen LogP contribution in [0.25, 0.3) is 110 Å². The second-order valence-electron chi connectivity index (χ2n) is 14.3. The summed E-state index contributed by atoms with van der Waals surface area (Å²) >= 11 is 0. The lowest BCUT2D eigenvalue weighted by molar-refractivity contribution is 1.08. The minimum absolute atomic E-state index is 0.629. The van der Waals surface area contributed by atoms with Gasteiger partial charge in [-0.15, -0.1) is 0 Å². The molecule has 56 heavy (non-hydrogen) atoms. The molecule has 11 aromatic rings. The van der Waals surface area contributed by atoms with Crippen LogP contribution in [0.2, 0.25) is 0 Å². The number of fused-ring (bicyclic) bond motifs is 9. The Morgan fingerprint density at radius 1 is 0.232 bits per heavy atom. The minimum atomic E-state index is 0.629. The van der Waals surface area contributed by atoms with Crippen molar-refractivity contribution in [3.8, 4) is 56.4 Å². The van der Waals surface area contributed by atoms with E-state index in [-0.39, 0.29) is 0 Å². The molecule has 0 aliphatic rings. The first-order valence-electron chi connectivity index (χ1n) is 19.0. The van der Waals surface area contributed by atoms with E-state index in [0.717, 1.165) is 49.7 Å². The van der Waals surface area contributed by atoms with Gasteiger partial charge in [-0.05, 0) is 88.9 Å². The molecular formula is C53H33N3. The van der Waals surface area contributed by atoms with Crippen molar-refractivity contribution >= 4 is 53.9 Å². The van der Waals surface area contributed by atoms with Crippen molar-refractivity contribution in [3.05, 3.63) is 200 Å². The molecule has 0 amide bonds. The molecule has 0 radical (unpaired) electrons. The predicted molar refractivity (Wildman–Crippen MR) is 235 cm³/mol. The monoisotopic (exact) mass is 711 g/mol. The largest absolute Gasteiger partial charge is 0.208 e. The second kappa shape index (κ2) is 13.1. The molecule has 0 fully saturated rings.